The Morgan fingerprint density at radius 2 is 1.81 bits per heavy atom. The fourth-order valence-corrected chi connectivity index (χ4v) is 4.20. The van der Waals surface area contributed by atoms with Crippen molar-refractivity contribution in [1.82, 2.24) is 10.2 Å². The van der Waals surface area contributed by atoms with Crippen molar-refractivity contribution in [2.75, 3.05) is 13.6 Å². The van der Waals surface area contributed by atoms with Gasteiger partial charge in [0, 0.05) is 19.6 Å². The molecule has 27 heavy (non-hydrogen) atoms. The minimum atomic E-state index is -4.33. The van der Waals surface area contributed by atoms with Crippen LogP contribution in [0.4, 0.5) is 13.2 Å². The summed E-state index contributed by atoms with van der Waals surface area (Å²) in [7, 11) is 1.83. The first-order valence-corrected chi connectivity index (χ1v) is 9.09. The molecule has 3 nitrogen and oxygen atoms in total. The van der Waals surface area contributed by atoms with Crippen LogP contribution in [0.15, 0.2) is 48.5 Å². The molecule has 142 valence electrons. The number of alkyl halides is 3. The van der Waals surface area contributed by atoms with Crippen molar-refractivity contribution in [3.63, 3.8) is 0 Å². The molecule has 6 heteroatoms. The molecule has 2 atom stereocenters. The fraction of sp³-hybridized carbons (Fsp3) is 0.381. The SMILES string of the molecule is CN1CC[C@@]2(CC[C@@H](c3cccc(-c4ccc(C(F)(F)F)cc4)c3)N2)C1=O. The van der Waals surface area contributed by atoms with Gasteiger partial charge in [-0.2, -0.15) is 13.2 Å². The molecule has 1 spiro atoms. The van der Waals surface area contributed by atoms with Gasteiger partial charge in [0.2, 0.25) is 5.91 Å². The van der Waals surface area contributed by atoms with Crippen molar-refractivity contribution in [2.24, 2.45) is 0 Å². The first-order valence-electron chi connectivity index (χ1n) is 9.09. The third-order valence-electron chi connectivity index (χ3n) is 5.77. The summed E-state index contributed by atoms with van der Waals surface area (Å²) in [6, 6.07) is 13.1. The van der Waals surface area contributed by atoms with Gasteiger partial charge in [-0.15, -0.1) is 0 Å². The van der Waals surface area contributed by atoms with Gasteiger partial charge < -0.3 is 4.90 Å². The highest BCUT2D eigenvalue weighted by Crippen LogP contribution is 2.40. The molecule has 0 saturated carbocycles. The number of carbonyl (C=O) groups is 1. The molecule has 0 unspecified atom stereocenters. The van der Waals surface area contributed by atoms with E-state index in [0.717, 1.165) is 54.6 Å². The summed E-state index contributed by atoms with van der Waals surface area (Å²) in [4.78, 5) is 14.3. The lowest BCUT2D eigenvalue weighted by Crippen LogP contribution is -2.47. The number of nitrogens with zero attached hydrogens (tertiary/aromatic N) is 1. The van der Waals surface area contributed by atoms with E-state index in [1.54, 1.807) is 4.90 Å². The molecule has 2 aliphatic rings. The van der Waals surface area contributed by atoms with Crippen LogP contribution in [0, 0.1) is 0 Å². The average Bonchev–Trinajstić information content (AvgIpc) is 3.21. The molecule has 0 aromatic heterocycles. The Kier molecular flexibility index (Phi) is 4.26. The standard InChI is InChI=1S/C21H21F3N2O/c1-26-12-11-20(19(26)27)10-9-18(25-20)16-4-2-3-15(13-16)14-5-7-17(8-6-14)21(22,23)24/h2-8,13,18,25H,9-12H2,1H3/t18-,20-/m0/s1. The lowest BCUT2D eigenvalue weighted by molar-refractivity contribution is -0.137. The minimum absolute atomic E-state index is 0.0786. The maximum absolute atomic E-state index is 12.8. The maximum Gasteiger partial charge on any atom is 0.416 e. The van der Waals surface area contributed by atoms with Crippen LogP contribution in [-0.2, 0) is 11.0 Å². The van der Waals surface area contributed by atoms with Gasteiger partial charge in [-0.05, 0) is 54.2 Å². The number of likely N-dealkylation sites (tertiary alicyclic amines) is 1. The number of nitrogens with one attached hydrogen (secondary N) is 1. The Morgan fingerprint density at radius 3 is 2.44 bits per heavy atom. The molecule has 2 aliphatic heterocycles. The molecule has 2 saturated heterocycles. The number of carbonyl (C=O) groups excluding carboxylic acids is 1. The number of benzene rings is 2. The summed E-state index contributed by atoms with van der Waals surface area (Å²) in [5.41, 5.74) is 1.58. The zero-order valence-corrected chi connectivity index (χ0v) is 15.0. The molecule has 1 amide bonds. The molecule has 2 fully saturated rings. The smallest absolute Gasteiger partial charge is 0.344 e. The highest BCUT2D eigenvalue weighted by molar-refractivity contribution is 5.88. The number of amides is 1. The van der Waals surface area contributed by atoms with E-state index in [0.29, 0.717) is 0 Å². The van der Waals surface area contributed by atoms with Crippen molar-refractivity contribution >= 4 is 5.91 Å². The van der Waals surface area contributed by atoms with Crippen molar-refractivity contribution in [3.05, 3.63) is 59.7 Å². The Balaban J connectivity index is 1.56. The van der Waals surface area contributed by atoms with E-state index in [-0.39, 0.29) is 11.9 Å². The lowest BCUT2D eigenvalue weighted by atomic mass is 9.95. The van der Waals surface area contributed by atoms with Crippen molar-refractivity contribution in [1.29, 1.82) is 0 Å². The quantitative estimate of drug-likeness (QED) is 0.845. The second-order valence-electron chi connectivity index (χ2n) is 7.49. The second-order valence-corrected chi connectivity index (χ2v) is 7.49. The molecule has 2 aromatic rings. The summed E-state index contributed by atoms with van der Waals surface area (Å²) in [6.07, 6.45) is -1.83. The normalized spacial score (nSPS) is 25.6. The van der Waals surface area contributed by atoms with Gasteiger partial charge in [0.05, 0.1) is 5.56 Å². The number of rotatable bonds is 2. The van der Waals surface area contributed by atoms with Crippen LogP contribution in [0.5, 0.6) is 0 Å². The maximum atomic E-state index is 12.8. The highest BCUT2D eigenvalue weighted by atomic mass is 19.4. The second kappa shape index (κ2) is 6.37. The molecule has 0 bridgehead atoms. The van der Waals surface area contributed by atoms with Gasteiger partial charge in [-0.1, -0.05) is 30.3 Å². The van der Waals surface area contributed by atoms with Crippen molar-refractivity contribution in [2.45, 2.75) is 37.0 Å². The van der Waals surface area contributed by atoms with Gasteiger partial charge in [-0.3, -0.25) is 10.1 Å². The molecule has 2 heterocycles. The predicted molar refractivity (Wildman–Crippen MR) is 97.0 cm³/mol. The van der Waals surface area contributed by atoms with Crippen LogP contribution in [-0.4, -0.2) is 29.9 Å². The Labute approximate surface area is 156 Å². The molecular weight excluding hydrogens is 353 g/mol. The van der Waals surface area contributed by atoms with Gasteiger partial charge in [0.1, 0.15) is 5.54 Å². The molecular formula is C21H21F3N2O. The molecule has 1 N–H and O–H groups in total. The largest absolute Gasteiger partial charge is 0.416 e. The van der Waals surface area contributed by atoms with Gasteiger partial charge in [0.15, 0.2) is 0 Å². The summed E-state index contributed by atoms with van der Waals surface area (Å²) in [6.45, 7) is 0.768. The van der Waals surface area contributed by atoms with Crippen LogP contribution in [0.2, 0.25) is 0 Å². The van der Waals surface area contributed by atoms with Crippen LogP contribution < -0.4 is 5.32 Å². The van der Waals surface area contributed by atoms with E-state index >= 15 is 0 Å². The van der Waals surface area contributed by atoms with E-state index in [1.807, 2.05) is 31.3 Å². The molecule has 0 aliphatic carbocycles. The summed E-state index contributed by atoms with van der Waals surface area (Å²) >= 11 is 0. The van der Waals surface area contributed by atoms with Gasteiger partial charge in [-0.25, -0.2) is 0 Å². The zero-order valence-electron chi connectivity index (χ0n) is 15.0. The minimum Gasteiger partial charge on any atom is -0.344 e. The number of halogens is 3. The van der Waals surface area contributed by atoms with E-state index in [2.05, 4.69) is 5.32 Å². The fourth-order valence-electron chi connectivity index (χ4n) is 4.20. The lowest BCUT2D eigenvalue weighted by Gasteiger charge is -2.23. The number of hydrogen-bond acceptors (Lipinski definition) is 2. The van der Waals surface area contributed by atoms with E-state index in [4.69, 9.17) is 0 Å². The Morgan fingerprint density at radius 1 is 1.07 bits per heavy atom. The Hall–Kier alpha value is -2.34. The highest BCUT2D eigenvalue weighted by Gasteiger charge is 2.49. The topological polar surface area (TPSA) is 32.3 Å². The molecule has 2 aromatic carbocycles. The van der Waals surface area contributed by atoms with Gasteiger partial charge in [0.25, 0.3) is 0 Å². The van der Waals surface area contributed by atoms with Crippen LogP contribution in [0.25, 0.3) is 11.1 Å². The third kappa shape index (κ3) is 3.23. The van der Waals surface area contributed by atoms with Crippen LogP contribution in [0.3, 0.4) is 0 Å². The zero-order chi connectivity index (χ0) is 19.2. The Bertz CT molecular complexity index is 862. The summed E-state index contributed by atoms with van der Waals surface area (Å²) in [5, 5.41) is 3.53. The first kappa shape index (κ1) is 18.0. The van der Waals surface area contributed by atoms with Crippen molar-refractivity contribution < 1.29 is 18.0 Å². The number of hydrogen-bond donors (Lipinski definition) is 1. The van der Waals surface area contributed by atoms with Crippen LogP contribution >= 0.6 is 0 Å². The van der Waals surface area contributed by atoms with E-state index in [1.165, 1.54) is 12.1 Å². The number of likely N-dealkylation sites (N-methyl/N-ethyl adjacent to an activating group) is 1. The van der Waals surface area contributed by atoms with E-state index < -0.39 is 17.3 Å². The average molecular weight is 374 g/mol. The first-order chi connectivity index (χ1) is 12.8. The van der Waals surface area contributed by atoms with Crippen LogP contribution in [0.1, 0.15) is 36.4 Å². The summed E-state index contributed by atoms with van der Waals surface area (Å²) in [5.74, 6) is 0.156. The molecule has 0 radical (unpaired) electrons. The predicted octanol–water partition coefficient (Wildman–Crippen LogP) is 4.40. The van der Waals surface area contributed by atoms with Crippen molar-refractivity contribution in [3.8, 4) is 11.1 Å². The van der Waals surface area contributed by atoms with E-state index in [9.17, 15) is 18.0 Å². The monoisotopic (exact) mass is 374 g/mol. The summed E-state index contributed by atoms with van der Waals surface area (Å²) < 4.78 is 38.3. The van der Waals surface area contributed by atoms with Gasteiger partial charge >= 0.3 is 6.18 Å². The third-order valence-corrected chi connectivity index (χ3v) is 5.77. The molecule has 4 rings (SSSR count).